The minimum Gasteiger partial charge on any atom is -0.493 e. The van der Waals surface area contributed by atoms with Crippen molar-refractivity contribution in [2.75, 3.05) is 20.3 Å². The molecule has 1 atom stereocenters. The van der Waals surface area contributed by atoms with Crippen molar-refractivity contribution < 1.29 is 26.9 Å². The van der Waals surface area contributed by atoms with Gasteiger partial charge in [-0.1, -0.05) is 29.3 Å². The van der Waals surface area contributed by atoms with Gasteiger partial charge in [-0.3, -0.25) is 4.79 Å². The second kappa shape index (κ2) is 10.1. The van der Waals surface area contributed by atoms with Crippen LogP contribution in [0.25, 0.3) is 0 Å². The fraction of sp³-hybridized carbons (Fsp3) is 0.381. The summed E-state index contributed by atoms with van der Waals surface area (Å²) in [5.41, 5.74) is 0.688. The third-order valence-electron chi connectivity index (χ3n) is 4.87. The Morgan fingerprint density at radius 2 is 1.94 bits per heavy atom. The molecule has 3 rings (SSSR count). The van der Waals surface area contributed by atoms with Crippen LogP contribution >= 0.6 is 23.2 Å². The quantitative estimate of drug-likeness (QED) is 0.516. The van der Waals surface area contributed by atoms with E-state index in [1.54, 1.807) is 23.1 Å². The molecule has 2 aromatic carbocycles. The Hall–Kier alpha value is -2.00. The number of halogens is 2. The number of benzene rings is 2. The fourth-order valence-electron chi connectivity index (χ4n) is 3.24. The second-order valence-electron chi connectivity index (χ2n) is 7.13. The van der Waals surface area contributed by atoms with Crippen LogP contribution in [0.5, 0.6) is 11.5 Å². The van der Waals surface area contributed by atoms with Crippen molar-refractivity contribution in [1.82, 2.24) is 4.90 Å². The minimum absolute atomic E-state index is 0.00620. The normalized spacial score (nSPS) is 16.2. The van der Waals surface area contributed by atoms with Gasteiger partial charge in [0.15, 0.2) is 11.5 Å². The average Bonchev–Trinajstić information content (AvgIpc) is 3.22. The lowest BCUT2D eigenvalue weighted by Crippen LogP contribution is -2.35. The first-order valence-corrected chi connectivity index (χ1v) is 11.8. The predicted octanol–water partition coefficient (Wildman–Crippen LogP) is 4.30. The van der Waals surface area contributed by atoms with Crippen molar-refractivity contribution in [2.24, 2.45) is 0 Å². The molecule has 0 unspecified atom stereocenters. The first-order valence-electron chi connectivity index (χ1n) is 9.63. The molecule has 1 heterocycles. The van der Waals surface area contributed by atoms with E-state index in [1.807, 2.05) is 0 Å². The summed E-state index contributed by atoms with van der Waals surface area (Å²) >= 11 is 11.8. The maximum absolute atomic E-state index is 12.7. The number of carbonyl (C=O) groups excluding carboxylic acids is 1. The highest BCUT2D eigenvalue weighted by Crippen LogP contribution is 2.33. The lowest BCUT2D eigenvalue weighted by Gasteiger charge is -2.24. The van der Waals surface area contributed by atoms with Gasteiger partial charge in [-0.15, -0.1) is 0 Å². The van der Waals surface area contributed by atoms with E-state index in [0.29, 0.717) is 18.7 Å². The van der Waals surface area contributed by atoms with Gasteiger partial charge >= 0.3 is 10.1 Å². The summed E-state index contributed by atoms with van der Waals surface area (Å²) in [7, 11) is -2.78. The van der Waals surface area contributed by atoms with Gasteiger partial charge in [-0.25, -0.2) is 0 Å². The molecule has 1 fully saturated rings. The number of hydrogen-bond acceptors (Lipinski definition) is 6. The molecule has 0 N–H and O–H groups in total. The maximum Gasteiger partial charge on any atom is 0.339 e. The van der Waals surface area contributed by atoms with Gasteiger partial charge < -0.3 is 18.6 Å². The van der Waals surface area contributed by atoms with Gasteiger partial charge in [-0.2, -0.15) is 8.42 Å². The molecule has 168 valence electrons. The van der Waals surface area contributed by atoms with Gasteiger partial charge in [0.1, 0.15) is 4.90 Å². The zero-order valence-corrected chi connectivity index (χ0v) is 19.5. The largest absolute Gasteiger partial charge is 0.493 e. The van der Waals surface area contributed by atoms with E-state index in [9.17, 15) is 13.2 Å². The number of nitrogens with zero attached hydrogens (tertiary/aromatic N) is 1. The SMILES string of the molecule is COc1ccc(CN(C[C@@H]2CCCO2)C(C)=O)cc1OS(=O)(=O)c1ccc(Cl)c(Cl)c1. The molecule has 0 aromatic heterocycles. The molecule has 0 radical (unpaired) electrons. The van der Waals surface area contributed by atoms with Crippen LogP contribution in [-0.2, 0) is 26.2 Å². The molecule has 2 aromatic rings. The van der Waals surface area contributed by atoms with Gasteiger partial charge in [0.25, 0.3) is 0 Å². The number of ether oxygens (including phenoxy) is 2. The summed E-state index contributed by atoms with van der Waals surface area (Å²) < 4.78 is 41.7. The van der Waals surface area contributed by atoms with E-state index < -0.39 is 10.1 Å². The standard InChI is InChI=1S/C21H23Cl2NO6S/c1-14(25)24(13-16-4-3-9-29-16)12-15-5-8-20(28-2)21(10-15)30-31(26,27)17-6-7-18(22)19(23)11-17/h5-8,10-11,16H,3-4,9,12-13H2,1-2H3/t16-/m0/s1. The first-order chi connectivity index (χ1) is 14.7. The summed E-state index contributed by atoms with van der Waals surface area (Å²) in [6, 6.07) is 8.79. The minimum atomic E-state index is -4.19. The number of amides is 1. The zero-order valence-electron chi connectivity index (χ0n) is 17.1. The molecular weight excluding hydrogens is 465 g/mol. The Labute approximate surface area is 191 Å². The number of hydrogen-bond donors (Lipinski definition) is 0. The summed E-state index contributed by atoms with van der Waals surface area (Å²) in [6.45, 7) is 2.94. The summed E-state index contributed by atoms with van der Waals surface area (Å²) in [5, 5.41) is 0.328. The highest BCUT2D eigenvalue weighted by atomic mass is 35.5. The molecule has 31 heavy (non-hydrogen) atoms. The van der Waals surface area contributed by atoms with E-state index in [4.69, 9.17) is 36.9 Å². The monoisotopic (exact) mass is 487 g/mol. The van der Waals surface area contributed by atoms with Crippen molar-refractivity contribution in [1.29, 1.82) is 0 Å². The van der Waals surface area contributed by atoms with E-state index in [-0.39, 0.29) is 45.0 Å². The molecule has 0 aliphatic carbocycles. The van der Waals surface area contributed by atoms with Crippen molar-refractivity contribution in [3.8, 4) is 11.5 Å². The Morgan fingerprint density at radius 1 is 1.16 bits per heavy atom. The van der Waals surface area contributed by atoms with E-state index in [1.165, 1.54) is 32.2 Å². The van der Waals surface area contributed by atoms with Gasteiger partial charge in [0.05, 0.1) is 23.3 Å². The van der Waals surface area contributed by atoms with Crippen LogP contribution in [0.2, 0.25) is 10.0 Å². The van der Waals surface area contributed by atoms with Crippen molar-refractivity contribution in [2.45, 2.75) is 37.3 Å². The van der Waals surface area contributed by atoms with Crippen LogP contribution < -0.4 is 8.92 Å². The molecule has 0 spiro atoms. The summed E-state index contributed by atoms with van der Waals surface area (Å²) in [4.78, 5) is 13.6. The lowest BCUT2D eigenvalue weighted by molar-refractivity contribution is -0.131. The fourth-order valence-corrected chi connectivity index (χ4v) is 4.56. The first kappa shape index (κ1) is 23.7. The van der Waals surface area contributed by atoms with Gasteiger partial charge in [0.2, 0.25) is 5.91 Å². The smallest absolute Gasteiger partial charge is 0.339 e. The molecule has 0 bridgehead atoms. The van der Waals surface area contributed by atoms with Crippen molar-refractivity contribution in [3.63, 3.8) is 0 Å². The van der Waals surface area contributed by atoms with Crippen LogP contribution in [0.4, 0.5) is 0 Å². The Morgan fingerprint density at radius 3 is 2.55 bits per heavy atom. The number of carbonyl (C=O) groups is 1. The molecular formula is C21H23Cl2NO6S. The second-order valence-corrected chi connectivity index (χ2v) is 9.49. The van der Waals surface area contributed by atoms with Gasteiger partial charge in [-0.05, 0) is 48.7 Å². The molecule has 1 aliphatic rings. The molecule has 1 amide bonds. The van der Waals surface area contributed by atoms with Crippen LogP contribution in [0.15, 0.2) is 41.3 Å². The lowest BCUT2D eigenvalue weighted by atomic mass is 10.1. The number of rotatable bonds is 8. The van der Waals surface area contributed by atoms with E-state index >= 15 is 0 Å². The summed E-state index contributed by atoms with van der Waals surface area (Å²) in [5.74, 6) is 0.143. The third kappa shape index (κ3) is 6.04. The summed E-state index contributed by atoms with van der Waals surface area (Å²) in [6.07, 6.45) is 1.89. The Balaban J connectivity index is 1.83. The molecule has 1 saturated heterocycles. The Bertz CT molecular complexity index is 1050. The molecule has 7 nitrogen and oxygen atoms in total. The molecule has 1 aliphatic heterocycles. The van der Waals surface area contributed by atoms with Crippen LogP contribution in [0.1, 0.15) is 25.3 Å². The zero-order chi connectivity index (χ0) is 22.6. The maximum atomic E-state index is 12.7. The van der Waals surface area contributed by atoms with Crippen LogP contribution in [0.3, 0.4) is 0 Å². The van der Waals surface area contributed by atoms with Crippen LogP contribution in [0, 0.1) is 0 Å². The number of methoxy groups -OCH3 is 1. The molecule has 0 saturated carbocycles. The van der Waals surface area contributed by atoms with E-state index in [0.717, 1.165) is 12.8 Å². The average molecular weight is 488 g/mol. The Kier molecular flexibility index (Phi) is 7.69. The topological polar surface area (TPSA) is 82.1 Å². The highest BCUT2D eigenvalue weighted by molar-refractivity contribution is 7.87. The third-order valence-corrected chi connectivity index (χ3v) is 6.84. The van der Waals surface area contributed by atoms with Crippen molar-refractivity contribution in [3.05, 3.63) is 52.0 Å². The van der Waals surface area contributed by atoms with Crippen LogP contribution in [-0.4, -0.2) is 45.6 Å². The van der Waals surface area contributed by atoms with Gasteiger partial charge in [0, 0.05) is 26.6 Å². The predicted molar refractivity (Wildman–Crippen MR) is 117 cm³/mol. The molecule has 10 heteroatoms. The van der Waals surface area contributed by atoms with Crippen molar-refractivity contribution >= 4 is 39.2 Å². The highest BCUT2D eigenvalue weighted by Gasteiger charge is 2.23. The van der Waals surface area contributed by atoms with E-state index in [2.05, 4.69) is 0 Å².